The van der Waals surface area contributed by atoms with Crippen LogP contribution in [0.3, 0.4) is 0 Å². The van der Waals surface area contributed by atoms with E-state index in [1.807, 2.05) is 13.8 Å². The van der Waals surface area contributed by atoms with E-state index in [-0.39, 0.29) is 30.7 Å². The van der Waals surface area contributed by atoms with Crippen LogP contribution in [0.1, 0.15) is 13.8 Å². The molecule has 0 bridgehead atoms. The molecule has 0 aliphatic rings. The highest BCUT2D eigenvalue weighted by Crippen LogP contribution is 1.87. The summed E-state index contributed by atoms with van der Waals surface area (Å²) in [6, 6.07) is 0. The maximum Gasteiger partial charge on any atom is 0.121 e. The minimum atomic E-state index is 0. The van der Waals surface area contributed by atoms with Crippen molar-refractivity contribution in [2.75, 3.05) is 0 Å². The highest BCUT2D eigenvalue weighted by molar-refractivity contribution is 5.85. The van der Waals surface area contributed by atoms with E-state index in [0.717, 1.165) is 0 Å². The lowest BCUT2D eigenvalue weighted by Crippen LogP contribution is -2.20. The Labute approximate surface area is 67.7 Å². The lowest BCUT2D eigenvalue weighted by atomic mass is 10.2. The first kappa shape index (κ1) is 15.9. The van der Waals surface area contributed by atoms with Gasteiger partial charge in [-0.15, -0.1) is 24.8 Å². The minimum Gasteiger partial charge on any atom is -0.386 e. The Balaban J connectivity index is -0.000000180. The molecular formula is C4H13Cl2N3. The fraction of sp³-hybridized carbons (Fsp3) is 0.750. The molecule has 0 aliphatic heterocycles. The van der Waals surface area contributed by atoms with E-state index in [9.17, 15) is 0 Å². The molecule has 0 saturated heterocycles. The van der Waals surface area contributed by atoms with Gasteiger partial charge in [-0.25, -0.2) is 0 Å². The molecule has 0 aromatic heterocycles. The van der Waals surface area contributed by atoms with E-state index in [4.69, 9.17) is 11.6 Å². The van der Waals surface area contributed by atoms with E-state index in [0.29, 0.717) is 5.84 Å². The molecule has 0 rings (SSSR count). The van der Waals surface area contributed by atoms with Gasteiger partial charge in [-0.3, -0.25) is 0 Å². The molecule has 58 valence electrons. The van der Waals surface area contributed by atoms with E-state index in [2.05, 4.69) is 5.10 Å². The van der Waals surface area contributed by atoms with Crippen LogP contribution in [-0.2, 0) is 0 Å². The van der Waals surface area contributed by atoms with Crippen LogP contribution in [0.5, 0.6) is 0 Å². The van der Waals surface area contributed by atoms with Gasteiger partial charge in [-0.05, 0) is 0 Å². The predicted octanol–water partition coefficient (Wildman–Crippen LogP) is 0.717. The van der Waals surface area contributed by atoms with Crippen LogP contribution in [0, 0.1) is 5.92 Å². The molecule has 9 heavy (non-hydrogen) atoms. The lowest BCUT2D eigenvalue weighted by Gasteiger charge is -1.98. The highest BCUT2D eigenvalue weighted by Gasteiger charge is 1.94. The molecular weight excluding hydrogens is 161 g/mol. The smallest absolute Gasteiger partial charge is 0.121 e. The second kappa shape index (κ2) is 7.85. The molecule has 0 unspecified atom stereocenters. The molecule has 4 N–H and O–H groups in total. The van der Waals surface area contributed by atoms with Crippen molar-refractivity contribution in [1.29, 1.82) is 0 Å². The van der Waals surface area contributed by atoms with Gasteiger partial charge in [0.15, 0.2) is 0 Å². The van der Waals surface area contributed by atoms with Crippen LogP contribution in [0.25, 0.3) is 0 Å². The molecule has 0 amide bonds. The fourth-order valence-corrected chi connectivity index (χ4v) is 0.149. The van der Waals surface area contributed by atoms with Crippen molar-refractivity contribution >= 4 is 30.6 Å². The standard InChI is InChI=1S/C4H11N3.2ClH/c1-3(2)4(5)7-6;;/h3H,6H2,1-2H3,(H2,5,7);2*1H. The third kappa shape index (κ3) is 7.85. The van der Waals surface area contributed by atoms with E-state index in [1.165, 1.54) is 0 Å². The van der Waals surface area contributed by atoms with Crippen LogP contribution in [0.15, 0.2) is 5.10 Å². The summed E-state index contributed by atoms with van der Waals surface area (Å²) in [4.78, 5) is 0. The van der Waals surface area contributed by atoms with Gasteiger partial charge in [0, 0.05) is 5.92 Å². The topological polar surface area (TPSA) is 64.4 Å². The third-order valence-corrected chi connectivity index (χ3v) is 0.741. The summed E-state index contributed by atoms with van der Waals surface area (Å²) in [7, 11) is 0. The second-order valence-corrected chi connectivity index (χ2v) is 1.71. The minimum absolute atomic E-state index is 0. The van der Waals surface area contributed by atoms with Gasteiger partial charge in [0.2, 0.25) is 0 Å². The van der Waals surface area contributed by atoms with Gasteiger partial charge in [0.25, 0.3) is 0 Å². The molecule has 5 heteroatoms. The van der Waals surface area contributed by atoms with Crippen molar-refractivity contribution in [2.45, 2.75) is 13.8 Å². The van der Waals surface area contributed by atoms with Crippen LogP contribution >= 0.6 is 24.8 Å². The summed E-state index contributed by atoms with van der Waals surface area (Å²) in [6.45, 7) is 3.87. The predicted molar refractivity (Wildman–Crippen MR) is 45.1 cm³/mol. The Bertz CT molecular complexity index is 81.9. The summed E-state index contributed by atoms with van der Waals surface area (Å²) in [5.74, 6) is 5.60. The van der Waals surface area contributed by atoms with Gasteiger partial charge < -0.3 is 11.6 Å². The van der Waals surface area contributed by atoms with Crippen molar-refractivity contribution in [3.63, 3.8) is 0 Å². The zero-order chi connectivity index (χ0) is 5.86. The molecule has 0 aromatic rings. The van der Waals surface area contributed by atoms with Crippen molar-refractivity contribution < 1.29 is 0 Å². The Morgan fingerprint density at radius 2 is 1.67 bits per heavy atom. The molecule has 0 aromatic carbocycles. The average molecular weight is 174 g/mol. The fourth-order valence-electron chi connectivity index (χ4n) is 0.149. The number of amidine groups is 1. The SMILES string of the molecule is CC(C)/C(N)=N/N.Cl.Cl. The van der Waals surface area contributed by atoms with Crippen LogP contribution in [0.4, 0.5) is 0 Å². The normalized spacial score (nSPS) is 9.89. The first-order valence-electron chi connectivity index (χ1n) is 2.21. The number of nitrogens with two attached hydrogens (primary N) is 2. The highest BCUT2D eigenvalue weighted by atomic mass is 35.5. The number of halogens is 2. The van der Waals surface area contributed by atoms with E-state index < -0.39 is 0 Å². The van der Waals surface area contributed by atoms with Crippen LogP contribution < -0.4 is 11.6 Å². The van der Waals surface area contributed by atoms with Crippen molar-refractivity contribution in [1.82, 2.24) is 0 Å². The monoisotopic (exact) mass is 173 g/mol. The Kier molecular flexibility index (Phi) is 13.9. The van der Waals surface area contributed by atoms with E-state index >= 15 is 0 Å². The maximum absolute atomic E-state index is 5.24. The lowest BCUT2D eigenvalue weighted by molar-refractivity contribution is 0.863. The molecule has 0 aliphatic carbocycles. The maximum atomic E-state index is 5.24. The molecule has 3 nitrogen and oxygen atoms in total. The first-order chi connectivity index (χ1) is 3.18. The van der Waals surface area contributed by atoms with Crippen molar-refractivity contribution in [3.8, 4) is 0 Å². The van der Waals surface area contributed by atoms with Gasteiger partial charge >= 0.3 is 0 Å². The van der Waals surface area contributed by atoms with Gasteiger partial charge in [-0.1, -0.05) is 13.8 Å². The molecule has 0 saturated carbocycles. The summed E-state index contributed by atoms with van der Waals surface area (Å²) in [6.07, 6.45) is 0. The van der Waals surface area contributed by atoms with Crippen molar-refractivity contribution in [2.24, 2.45) is 22.6 Å². The Morgan fingerprint density at radius 1 is 1.33 bits per heavy atom. The summed E-state index contributed by atoms with van der Waals surface area (Å²) in [5.41, 5.74) is 5.24. The summed E-state index contributed by atoms with van der Waals surface area (Å²) < 4.78 is 0. The Hall–Kier alpha value is -0.150. The number of hydrazone groups is 1. The largest absolute Gasteiger partial charge is 0.386 e. The number of rotatable bonds is 1. The van der Waals surface area contributed by atoms with Gasteiger partial charge in [0.1, 0.15) is 5.84 Å². The first-order valence-corrected chi connectivity index (χ1v) is 2.21. The number of nitrogens with zero attached hydrogens (tertiary/aromatic N) is 1. The van der Waals surface area contributed by atoms with Gasteiger partial charge in [0.05, 0.1) is 0 Å². The number of hydrogen-bond acceptors (Lipinski definition) is 2. The zero-order valence-corrected chi connectivity index (χ0v) is 7.13. The number of hydrogen-bond donors (Lipinski definition) is 2. The van der Waals surface area contributed by atoms with Crippen molar-refractivity contribution in [3.05, 3.63) is 0 Å². The Morgan fingerprint density at radius 3 is 1.67 bits per heavy atom. The van der Waals surface area contributed by atoms with Gasteiger partial charge in [-0.2, -0.15) is 5.10 Å². The summed E-state index contributed by atoms with van der Waals surface area (Å²) in [5, 5.41) is 3.28. The average Bonchev–Trinajstić information content (AvgIpc) is 1.65. The molecule has 0 fully saturated rings. The molecule has 0 spiro atoms. The third-order valence-electron chi connectivity index (χ3n) is 0.741. The zero-order valence-electron chi connectivity index (χ0n) is 5.50. The molecule has 0 radical (unpaired) electrons. The van der Waals surface area contributed by atoms with Crippen LogP contribution in [0.2, 0.25) is 0 Å². The summed E-state index contributed by atoms with van der Waals surface area (Å²) >= 11 is 0. The van der Waals surface area contributed by atoms with Crippen LogP contribution in [-0.4, -0.2) is 5.84 Å². The van der Waals surface area contributed by atoms with E-state index in [1.54, 1.807) is 0 Å². The molecule has 0 atom stereocenters. The quantitative estimate of drug-likeness (QED) is 0.266. The second-order valence-electron chi connectivity index (χ2n) is 1.71. The molecule has 0 heterocycles.